The molecule has 1 aliphatic carbocycles. The van der Waals surface area contributed by atoms with Crippen LogP contribution in [0.4, 0.5) is 4.39 Å². The molecule has 1 aromatic heterocycles. The highest BCUT2D eigenvalue weighted by atomic mass is 32.2. The summed E-state index contributed by atoms with van der Waals surface area (Å²) in [5.41, 5.74) is 7.01. The number of fused-ring (bicyclic) bond motifs is 1. The number of aryl methyl sites for hydroxylation is 1. The van der Waals surface area contributed by atoms with Crippen molar-refractivity contribution >= 4 is 46.2 Å². The summed E-state index contributed by atoms with van der Waals surface area (Å²) in [4.78, 5) is 57.8. The van der Waals surface area contributed by atoms with Crippen molar-refractivity contribution in [1.82, 2.24) is 20.1 Å². The van der Waals surface area contributed by atoms with Crippen LogP contribution in [0.25, 0.3) is 22.2 Å². The predicted molar refractivity (Wildman–Crippen MR) is 197 cm³/mol. The first-order valence-corrected chi connectivity index (χ1v) is 19.0. The second-order valence-corrected chi connectivity index (χ2v) is 14.8. The molecule has 4 aromatic rings. The molecule has 3 aliphatic rings. The van der Waals surface area contributed by atoms with Crippen LogP contribution in [-0.2, 0) is 38.6 Å². The Labute approximate surface area is 306 Å². The summed E-state index contributed by atoms with van der Waals surface area (Å²) in [6.07, 6.45) is 3.46. The number of thioether (sulfide) groups is 1. The third kappa shape index (κ3) is 7.85. The van der Waals surface area contributed by atoms with Gasteiger partial charge in [-0.25, -0.2) is 4.39 Å². The molecule has 3 heterocycles. The summed E-state index contributed by atoms with van der Waals surface area (Å²) in [6, 6.07) is 16.3. The number of carbonyl (C=O) groups excluding carboxylic acids is 4. The maximum absolute atomic E-state index is 14.3. The minimum atomic E-state index is -0.620. The van der Waals surface area contributed by atoms with Crippen molar-refractivity contribution in [3.8, 4) is 11.3 Å². The second-order valence-electron chi connectivity index (χ2n) is 13.7. The van der Waals surface area contributed by atoms with E-state index in [0.717, 1.165) is 70.8 Å². The molecule has 0 bridgehead atoms. The summed E-state index contributed by atoms with van der Waals surface area (Å²) in [7, 11) is 2.09. The van der Waals surface area contributed by atoms with Gasteiger partial charge in [-0.15, -0.1) is 11.8 Å². The molecular weight excluding hydrogens is 684 g/mol. The minimum Gasteiger partial charge on any atom is -0.379 e. The number of amides is 3. The third-order valence-corrected chi connectivity index (χ3v) is 11.1. The largest absolute Gasteiger partial charge is 0.379 e. The fourth-order valence-electron chi connectivity index (χ4n) is 7.47. The minimum absolute atomic E-state index is 0.00766. The number of nitrogens with one attached hydrogen (secondary N) is 2. The maximum Gasteiger partial charge on any atom is 0.255 e. The molecule has 1 fully saturated rings. The van der Waals surface area contributed by atoms with Crippen LogP contribution in [0.15, 0.2) is 59.5 Å². The lowest BCUT2D eigenvalue weighted by atomic mass is 9.99. The highest BCUT2D eigenvalue weighted by Gasteiger charge is 2.39. The fourth-order valence-corrected chi connectivity index (χ4v) is 8.42. The Hall–Kier alpha value is -4.36. The van der Waals surface area contributed by atoms with E-state index < -0.39 is 17.8 Å². The fraction of sp³-hybridized carbons (Fsp3) is 0.400. The number of Topliss-reactive ketones (excluding diaryl/α,β-unsaturated/α-hetero) is 1. The number of rotatable bonds is 15. The number of benzene rings is 3. The topological polar surface area (TPSA) is 121 Å². The van der Waals surface area contributed by atoms with Gasteiger partial charge in [0, 0.05) is 77.5 Å². The standard InChI is InChI=1S/C40H43FN4O6S/c1-44(23-25-9-11-26(12-10-25)38-29-6-2-7-34(46)30-21-27(41)22-32(42-38)37(29)30)15-4-16-50-17-18-51-19-20-52-35-8-3-5-28-31(35)24-45(40(28)49)33-13-14-36(47)43-39(33)48/h3,5,8-12,21-22,33,42H,2,4,6-7,13-20,23-24H2,1H3,(H,43,47,48). The molecule has 0 saturated carbocycles. The summed E-state index contributed by atoms with van der Waals surface area (Å²) in [6.45, 7) is 4.26. The van der Waals surface area contributed by atoms with Gasteiger partial charge in [-0.2, -0.15) is 0 Å². The van der Waals surface area contributed by atoms with E-state index in [2.05, 4.69) is 46.5 Å². The van der Waals surface area contributed by atoms with Gasteiger partial charge in [-0.05, 0) is 79.3 Å². The lowest BCUT2D eigenvalue weighted by Gasteiger charge is -2.29. The summed E-state index contributed by atoms with van der Waals surface area (Å²) in [5, 5.41) is 3.21. The number of H-pyrrole nitrogens is 1. The molecule has 52 heavy (non-hydrogen) atoms. The van der Waals surface area contributed by atoms with Crippen LogP contribution in [0.2, 0.25) is 0 Å². The van der Waals surface area contributed by atoms with E-state index in [1.165, 1.54) is 17.7 Å². The first kappa shape index (κ1) is 36.0. The van der Waals surface area contributed by atoms with Gasteiger partial charge in [0.15, 0.2) is 5.78 Å². The Bertz CT molecular complexity index is 2000. The first-order chi connectivity index (χ1) is 25.3. The van der Waals surface area contributed by atoms with Gasteiger partial charge in [0.2, 0.25) is 11.8 Å². The Balaban J connectivity index is 0.787. The average molecular weight is 727 g/mol. The molecule has 0 radical (unpaired) electrons. The van der Waals surface area contributed by atoms with Gasteiger partial charge in [-0.1, -0.05) is 30.3 Å². The molecule has 272 valence electrons. The number of aromatic nitrogens is 1. The Morgan fingerprint density at radius 2 is 1.73 bits per heavy atom. The van der Waals surface area contributed by atoms with Crippen molar-refractivity contribution in [3.05, 3.63) is 88.2 Å². The zero-order valence-corrected chi connectivity index (χ0v) is 30.1. The molecule has 2 N–H and O–H groups in total. The molecule has 0 spiro atoms. The molecule has 12 heteroatoms. The van der Waals surface area contributed by atoms with E-state index in [-0.39, 0.29) is 24.0 Å². The molecule has 1 saturated heterocycles. The quantitative estimate of drug-likeness (QED) is 0.0883. The van der Waals surface area contributed by atoms with E-state index in [0.29, 0.717) is 62.5 Å². The van der Waals surface area contributed by atoms with Gasteiger partial charge in [0.25, 0.3) is 5.91 Å². The Morgan fingerprint density at radius 3 is 2.54 bits per heavy atom. The number of hydrogen-bond acceptors (Lipinski definition) is 8. The monoisotopic (exact) mass is 726 g/mol. The van der Waals surface area contributed by atoms with Crippen LogP contribution < -0.4 is 5.32 Å². The van der Waals surface area contributed by atoms with Crippen LogP contribution in [0, 0.1) is 5.82 Å². The van der Waals surface area contributed by atoms with Gasteiger partial charge < -0.3 is 24.3 Å². The van der Waals surface area contributed by atoms with Crippen LogP contribution in [0.1, 0.15) is 69.5 Å². The zero-order chi connectivity index (χ0) is 36.2. The molecule has 3 aromatic carbocycles. The van der Waals surface area contributed by atoms with Crippen LogP contribution >= 0.6 is 11.8 Å². The molecular formula is C40H43FN4O6S. The van der Waals surface area contributed by atoms with Crippen LogP contribution in [-0.4, -0.2) is 90.1 Å². The van der Waals surface area contributed by atoms with Crippen LogP contribution in [0.3, 0.4) is 0 Å². The number of ether oxygens (including phenoxy) is 2. The number of hydrogen-bond donors (Lipinski definition) is 2. The van der Waals surface area contributed by atoms with E-state index in [1.54, 1.807) is 22.7 Å². The zero-order valence-electron chi connectivity index (χ0n) is 29.3. The number of imide groups is 1. The lowest BCUT2D eigenvalue weighted by Crippen LogP contribution is -2.52. The average Bonchev–Trinajstić information content (AvgIpc) is 3.60. The van der Waals surface area contributed by atoms with Gasteiger partial charge in [0.1, 0.15) is 11.9 Å². The van der Waals surface area contributed by atoms with E-state index in [4.69, 9.17) is 9.47 Å². The number of halogens is 1. The van der Waals surface area contributed by atoms with Gasteiger partial charge >= 0.3 is 0 Å². The van der Waals surface area contributed by atoms with Gasteiger partial charge in [-0.3, -0.25) is 24.5 Å². The number of nitrogens with zero attached hydrogens (tertiary/aromatic N) is 2. The lowest BCUT2D eigenvalue weighted by molar-refractivity contribution is -0.136. The second kappa shape index (κ2) is 16.1. The number of carbonyl (C=O) groups is 4. The maximum atomic E-state index is 14.3. The van der Waals surface area contributed by atoms with E-state index >= 15 is 0 Å². The number of piperidine rings is 1. The van der Waals surface area contributed by atoms with Crippen molar-refractivity contribution in [2.24, 2.45) is 0 Å². The van der Waals surface area contributed by atoms with Crippen molar-refractivity contribution in [1.29, 1.82) is 0 Å². The molecule has 10 nitrogen and oxygen atoms in total. The Morgan fingerprint density at radius 1 is 0.923 bits per heavy atom. The molecule has 7 rings (SSSR count). The normalized spacial score (nSPS) is 17.3. The molecule has 3 amide bonds. The molecule has 1 unspecified atom stereocenters. The van der Waals surface area contributed by atoms with E-state index in [1.807, 2.05) is 12.1 Å². The summed E-state index contributed by atoms with van der Waals surface area (Å²) in [5.74, 6) is -0.524. The van der Waals surface area contributed by atoms with Gasteiger partial charge in [0.05, 0.1) is 19.8 Å². The highest BCUT2D eigenvalue weighted by Crippen LogP contribution is 2.37. The SMILES string of the molecule is CN(CCCOCCOCCSc1cccc2c1CN(C1CCC(=O)NC1=O)C2=O)Cc1ccc(-c2[nH]c3cc(F)cc4c3c2CCCC4=O)cc1. The summed E-state index contributed by atoms with van der Waals surface area (Å²) < 4.78 is 25.9. The summed E-state index contributed by atoms with van der Waals surface area (Å²) >= 11 is 1.63. The molecule has 1 atom stereocenters. The van der Waals surface area contributed by atoms with Crippen molar-refractivity contribution in [3.63, 3.8) is 0 Å². The number of aromatic amines is 1. The number of ketones is 1. The predicted octanol–water partition coefficient (Wildman–Crippen LogP) is 5.90. The first-order valence-electron chi connectivity index (χ1n) is 18.0. The van der Waals surface area contributed by atoms with Crippen LogP contribution in [0.5, 0.6) is 0 Å². The molecule has 2 aliphatic heterocycles. The third-order valence-electron chi connectivity index (χ3n) is 10.0. The van der Waals surface area contributed by atoms with Crippen molar-refractivity contribution in [2.75, 3.05) is 45.8 Å². The van der Waals surface area contributed by atoms with Crippen molar-refractivity contribution in [2.45, 2.75) is 62.6 Å². The van der Waals surface area contributed by atoms with E-state index in [9.17, 15) is 23.6 Å². The Kier molecular flexibility index (Phi) is 11.2. The smallest absolute Gasteiger partial charge is 0.255 e. The highest BCUT2D eigenvalue weighted by molar-refractivity contribution is 7.99. The van der Waals surface area contributed by atoms with Crippen molar-refractivity contribution < 1.29 is 33.0 Å².